The number of methoxy groups -OCH3 is 2. The highest BCUT2D eigenvalue weighted by Crippen LogP contribution is 2.30. The molecule has 0 N–H and O–H groups in total. The molecule has 36 heavy (non-hydrogen) atoms. The SMILES string of the molecule is COc1ccc(C)c(C)c1C(=O)N1CC(OC)C(Oc2cccc(CSN(C)C3CCOCC3)c2)C1. The molecule has 2 heterocycles. The summed E-state index contributed by atoms with van der Waals surface area (Å²) in [5, 5.41) is 0. The van der Waals surface area contributed by atoms with Crippen molar-refractivity contribution in [1.29, 1.82) is 0 Å². The van der Waals surface area contributed by atoms with Gasteiger partial charge in [-0.1, -0.05) is 30.1 Å². The van der Waals surface area contributed by atoms with Gasteiger partial charge in [0.1, 0.15) is 23.7 Å². The second-order valence-electron chi connectivity index (χ2n) is 9.54. The third-order valence-corrected chi connectivity index (χ3v) is 8.43. The first-order valence-electron chi connectivity index (χ1n) is 12.6. The Morgan fingerprint density at radius 3 is 2.58 bits per heavy atom. The lowest BCUT2D eigenvalue weighted by molar-refractivity contribution is 0.0339. The summed E-state index contributed by atoms with van der Waals surface area (Å²) < 4.78 is 25.5. The Morgan fingerprint density at radius 1 is 1.11 bits per heavy atom. The molecule has 0 aliphatic carbocycles. The van der Waals surface area contributed by atoms with Crippen LogP contribution < -0.4 is 9.47 Å². The molecule has 2 saturated heterocycles. The van der Waals surface area contributed by atoms with E-state index < -0.39 is 0 Å². The zero-order chi connectivity index (χ0) is 25.7. The Kier molecular flexibility index (Phi) is 9.17. The molecule has 2 fully saturated rings. The fourth-order valence-electron chi connectivity index (χ4n) is 4.85. The molecule has 8 heteroatoms. The molecular weight excluding hydrogens is 476 g/mol. The predicted molar refractivity (Wildman–Crippen MR) is 143 cm³/mol. The van der Waals surface area contributed by atoms with Gasteiger partial charge in [-0.2, -0.15) is 0 Å². The number of carbonyl (C=O) groups is 1. The number of likely N-dealkylation sites (tertiary alicyclic amines) is 1. The number of nitrogens with zero attached hydrogens (tertiary/aromatic N) is 2. The van der Waals surface area contributed by atoms with Gasteiger partial charge in [0.05, 0.1) is 25.8 Å². The lowest BCUT2D eigenvalue weighted by Crippen LogP contribution is -2.32. The Balaban J connectivity index is 1.40. The minimum atomic E-state index is -0.247. The van der Waals surface area contributed by atoms with E-state index in [-0.39, 0.29) is 18.1 Å². The second kappa shape index (κ2) is 12.3. The van der Waals surface area contributed by atoms with E-state index in [9.17, 15) is 4.79 Å². The highest BCUT2D eigenvalue weighted by atomic mass is 32.2. The van der Waals surface area contributed by atoms with Crippen LogP contribution in [0.3, 0.4) is 0 Å². The van der Waals surface area contributed by atoms with Gasteiger partial charge in [0.2, 0.25) is 0 Å². The Labute approximate surface area is 219 Å². The van der Waals surface area contributed by atoms with Gasteiger partial charge in [0.15, 0.2) is 0 Å². The lowest BCUT2D eigenvalue weighted by atomic mass is 10.0. The molecule has 2 aliphatic rings. The molecule has 4 rings (SSSR count). The van der Waals surface area contributed by atoms with Crippen LogP contribution in [0.1, 0.15) is 39.9 Å². The zero-order valence-corrected chi connectivity index (χ0v) is 22.8. The number of benzene rings is 2. The average molecular weight is 515 g/mol. The molecule has 196 valence electrons. The molecule has 2 aromatic rings. The van der Waals surface area contributed by atoms with Gasteiger partial charge in [-0.25, -0.2) is 0 Å². The smallest absolute Gasteiger partial charge is 0.258 e. The monoisotopic (exact) mass is 514 g/mol. The standard InChI is InChI=1S/C28H38N2O5S/c1-19-9-10-24(32-4)27(20(19)2)28(31)30-16-25(33-5)26(17-30)35-23-8-6-7-21(15-23)18-36-29(3)22-11-13-34-14-12-22/h6-10,15,22,25-26H,11-14,16-18H2,1-5H3. The van der Waals surface area contributed by atoms with Crippen LogP contribution in [0.2, 0.25) is 0 Å². The van der Waals surface area contributed by atoms with Crippen LogP contribution in [-0.4, -0.2) is 80.9 Å². The number of carbonyl (C=O) groups excluding carboxylic acids is 1. The predicted octanol–water partition coefficient (Wildman–Crippen LogP) is 4.49. The fourth-order valence-corrected chi connectivity index (χ4v) is 5.80. The molecular formula is C28H38N2O5S. The van der Waals surface area contributed by atoms with Crippen LogP contribution in [0.5, 0.6) is 11.5 Å². The van der Waals surface area contributed by atoms with E-state index in [2.05, 4.69) is 23.5 Å². The van der Waals surface area contributed by atoms with Crippen molar-refractivity contribution in [3.8, 4) is 11.5 Å². The minimum absolute atomic E-state index is 0.0532. The van der Waals surface area contributed by atoms with Crippen molar-refractivity contribution < 1.29 is 23.7 Å². The van der Waals surface area contributed by atoms with Gasteiger partial charge in [0, 0.05) is 32.1 Å². The molecule has 0 saturated carbocycles. The zero-order valence-electron chi connectivity index (χ0n) is 22.0. The molecule has 2 aromatic carbocycles. The summed E-state index contributed by atoms with van der Waals surface area (Å²) >= 11 is 1.83. The number of amides is 1. The van der Waals surface area contributed by atoms with E-state index in [1.54, 1.807) is 14.2 Å². The van der Waals surface area contributed by atoms with Crippen molar-refractivity contribution in [1.82, 2.24) is 9.21 Å². The van der Waals surface area contributed by atoms with E-state index in [0.717, 1.165) is 48.7 Å². The van der Waals surface area contributed by atoms with Crippen molar-refractivity contribution in [2.24, 2.45) is 0 Å². The third-order valence-electron chi connectivity index (χ3n) is 7.26. The van der Waals surface area contributed by atoms with Crippen LogP contribution in [0.15, 0.2) is 36.4 Å². The summed E-state index contributed by atoms with van der Waals surface area (Å²) in [6.45, 7) is 6.59. The average Bonchev–Trinajstić information content (AvgIpc) is 3.31. The summed E-state index contributed by atoms with van der Waals surface area (Å²) in [7, 11) is 5.44. The second-order valence-corrected chi connectivity index (χ2v) is 10.7. The van der Waals surface area contributed by atoms with Crippen molar-refractivity contribution in [3.63, 3.8) is 0 Å². The molecule has 0 aromatic heterocycles. The topological polar surface area (TPSA) is 60.5 Å². The molecule has 0 radical (unpaired) electrons. The molecule has 0 spiro atoms. The van der Waals surface area contributed by atoms with E-state index >= 15 is 0 Å². The number of rotatable bonds is 9. The van der Waals surface area contributed by atoms with Crippen LogP contribution in [-0.2, 0) is 15.2 Å². The fraction of sp³-hybridized carbons (Fsp3) is 0.536. The maximum atomic E-state index is 13.5. The maximum Gasteiger partial charge on any atom is 0.258 e. The first kappa shape index (κ1) is 26.8. The Morgan fingerprint density at radius 2 is 1.86 bits per heavy atom. The molecule has 2 aliphatic heterocycles. The van der Waals surface area contributed by atoms with Crippen molar-refractivity contribution >= 4 is 17.9 Å². The molecule has 2 unspecified atom stereocenters. The summed E-state index contributed by atoms with van der Waals surface area (Å²) in [5.41, 5.74) is 3.82. The summed E-state index contributed by atoms with van der Waals surface area (Å²) in [6, 6.07) is 12.6. The molecule has 7 nitrogen and oxygen atoms in total. The third kappa shape index (κ3) is 6.17. The van der Waals surface area contributed by atoms with Crippen LogP contribution in [0.25, 0.3) is 0 Å². The first-order chi connectivity index (χ1) is 17.4. The first-order valence-corrected chi connectivity index (χ1v) is 13.5. The van der Waals surface area contributed by atoms with Gasteiger partial charge in [0.25, 0.3) is 5.91 Å². The molecule has 0 bridgehead atoms. The van der Waals surface area contributed by atoms with Gasteiger partial charge in [-0.15, -0.1) is 0 Å². The van der Waals surface area contributed by atoms with E-state index in [1.165, 1.54) is 5.56 Å². The Bertz CT molecular complexity index is 1040. The summed E-state index contributed by atoms with van der Waals surface area (Å²) in [4.78, 5) is 15.3. The summed E-state index contributed by atoms with van der Waals surface area (Å²) in [5.74, 6) is 2.22. The van der Waals surface area contributed by atoms with Crippen LogP contribution in [0.4, 0.5) is 0 Å². The van der Waals surface area contributed by atoms with Gasteiger partial charge < -0.3 is 23.8 Å². The number of ether oxygens (including phenoxy) is 4. The lowest BCUT2D eigenvalue weighted by Gasteiger charge is -2.30. The summed E-state index contributed by atoms with van der Waals surface area (Å²) in [6.07, 6.45) is 1.71. The molecule has 1 amide bonds. The van der Waals surface area contributed by atoms with Crippen molar-refractivity contribution in [2.75, 3.05) is 47.6 Å². The van der Waals surface area contributed by atoms with Gasteiger partial charge in [-0.3, -0.25) is 9.10 Å². The van der Waals surface area contributed by atoms with Crippen LogP contribution >= 0.6 is 11.9 Å². The van der Waals surface area contributed by atoms with E-state index in [0.29, 0.717) is 30.4 Å². The van der Waals surface area contributed by atoms with Crippen molar-refractivity contribution in [2.45, 2.75) is 50.7 Å². The normalized spacial score (nSPS) is 20.7. The largest absolute Gasteiger partial charge is 0.496 e. The number of hydrogen-bond donors (Lipinski definition) is 0. The highest BCUT2D eigenvalue weighted by molar-refractivity contribution is 7.96. The maximum absolute atomic E-state index is 13.5. The number of aryl methyl sites for hydroxylation is 1. The van der Waals surface area contributed by atoms with Crippen molar-refractivity contribution in [3.05, 3.63) is 58.7 Å². The minimum Gasteiger partial charge on any atom is -0.496 e. The van der Waals surface area contributed by atoms with E-state index in [1.807, 2.05) is 55.0 Å². The number of hydrogen-bond acceptors (Lipinski definition) is 7. The molecule has 2 atom stereocenters. The quantitative estimate of drug-likeness (QED) is 0.457. The highest BCUT2D eigenvalue weighted by Gasteiger charge is 2.38. The van der Waals surface area contributed by atoms with Gasteiger partial charge in [-0.05, 0) is 68.6 Å². The van der Waals surface area contributed by atoms with E-state index in [4.69, 9.17) is 18.9 Å². The Hall–Kier alpha value is -2.26. The van der Waals surface area contributed by atoms with Gasteiger partial charge >= 0.3 is 0 Å². The van der Waals surface area contributed by atoms with Crippen LogP contribution in [0, 0.1) is 13.8 Å².